The van der Waals surface area contributed by atoms with Gasteiger partial charge in [0.2, 0.25) is 5.91 Å². The topological polar surface area (TPSA) is 64.3 Å². The normalized spacial score (nSPS) is 24.6. The van der Waals surface area contributed by atoms with E-state index in [4.69, 9.17) is 0 Å². The maximum absolute atomic E-state index is 14.4. The molecule has 0 aromatic heterocycles. The van der Waals surface area contributed by atoms with Gasteiger partial charge in [-0.25, -0.2) is 4.39 Å². The summed E-state index contributed by atoms with van der Waals surface area (Å²) >= 11 is 0. The molecule has 0 radical (unpaired) electrons. The molecule has 1 amide bonds. The molecular weight excluding hydrogens is 343 g/mol. The fraction of sp³-hybridized carbons (Fsp3) is 0.364. The highest BCUT2D eigenvalue weighted by molar-refractivity contribution is 5.83. The van der Waals surface area contributed by atoms with E-state index in [1.54, 1.807) is 23.1 Å². The standard InChI is InChI=1S/C22H21FN2O2/c23-18-11-4-3-9-16(18)15-8-1-2-10-17(15)21-19(12-24)25(20(21)13-26)22(27)14-6-5-7-14/h1-4,8-11,14,19-21,26H,5-7,13H2/t19-,20+,21+/m1/s1. The van der Waals surface area contributed by atoms with Crippen molar-refractivity contribution in [2.45, 2.75) is 37.3 Å². The van der Waals surface area contributed by atoms with Crippen LogP contribution < -0.4 is 0 Å². The third-order valence-electron chi connectivity index (χ3n) is 5.92. The quantitative estimate of drug-likeness (QED) is 0.903. The molecule has 2 aliphatic rings. The van der Waals surface area contributed by atoms with Crippen molar-refractivity contribution >= 4 is 5.91 Å². The lowest BCUT2D eigenvalue weighted by atomic mass is 9.71. The van der Waals surface area contributed by atoms with E-state index in [2.05, 4.69) is 6.07 Å². The van der Waals surface area contributed by atoms with Crippen LogP contribution in [-0.4, -0.2) is 34.6 Å². The van der Waals surface area contributed by atoms with Crippen LogP contribution in [0.25, 0.3) is 11.1 Å². The van der Waals surface area contributed by atoms with Crippen molar-refractivity contribution in [3.63, 3.8) is 0 Å². The molecule has 0 bridgehead atoms. The van der Waals surface area contributed by atoms with E-state index >= 15 is 0 Å². The van der Waals surface area contributed by atoms with Crippen molar-refractivity contribution in [3.05, 3.63) is 59.9 Å². The number of nitriles is 1. The van der Waals surface area contributed by atoms with E-state index in [0.717, 1.165) is 24.8 Å². The van der Waals surface area contributed by atoms with Crippen molar-refractivity contribution in [2.24, 2.45) is 5.92 Å². The predicted molar refractivity (Wildman–Crippen MR) is 99.0 cm³/mol. The van der Waals surface area contributed by atoms with E-state index in [0.29, 0.717) is 11.1 Å². The number of carbonyl (C=O) groups is 1. The SMILES string of the molecule is N#C[C@@H]1[C@H](c2ccccc2-c2ccccc2F)[C@H](CO)N1C(=O)C1CCC1. The average Bonchev–Trinajstić information content (AvgIpc) is 2.61. The highest BCUT2D eigenvalue weighted by Crippen LogP contribution is 2.46. The fourth-order valence-electron chi connectivity index (χ4n) is 4.26. The fourth-order valence-corrected chi connectivity index (χ4v) is 4.26. The number of benzene rings is 2. The Hall–Kier alpha value is -2.71. The van der Waals surface area contributed by atoms with Crippen molar-refractivity contribution in [3.8, 4) is 17.2 Å². The van der Waals surface area contributed by atoms with Crippen molar-refractivity contribution in [1.82, 2.24) is 4.90 Å². The Morgan fingerprint density at radius 1 is 1.15 bits per heavy atom. The molecule has 2 fully saturated rings. The van der Waals surface area contributed by atoms with E-state index in [1.165, 1.54) is 6.07 Å². The Morgan fingerprint density at radius 2 is 1.81 bits per heavy atom. The smallest absolute Gasteiger partial charge is 0.227 e. The van der Waals surface area contributed by atoms with Crippen molar-refractivity contribution in [1.29, 1.82) is 5.26 Å². The van der Waals surface area contributed by atoms with Crippen LogP contribution in [0.4, 0.5) is 4.39 Å². The second-order valence-corrected chi connectivity index (χ2v) is 7.29. The number of hydrogen-bond acceptors (Lipinski definition) is 3. The summed E-state index contributed by atoms with van der Waals surface area (Å²) in [6, 6.07) is 15.0. The van der Waals surface area contributed by atoms with Crippen LogP contribution in [-0.2, 0) is 4.79 Å². The van der Waals surface area contributed by atoms with Gasteiger partial charge in [-0.05, 0) is 30.0 Å². The molecule has 1 aliphatic heterocycles. The van der Waals surface area contributed by atoms with E-state index < -0.39 is 12.1 Å². The molecule has 138 valence electrons. The van der Waals surface area contributed by atoms with Crippen LogP contribution in [0.2, 0.25) is 0 Å². The largest absolute Gasteiger partial charge is 0.394 e. The molecule has 3 atom stereocenters. The Kier molecular flexibility index (Phi) is 4.67. The third kappa shape index (κ3) is 2.81. The number of rotatable bonds is 4. The molecular formula is C22H21FN2O2. The number of hydrogen-bond donors (Lipinski definition) is 1. The van der Waals surface area contributed by atoms with Crippen molar-refractivity contribution < 1.29 is 14.3 Å². The van der Waals surface area contributed by atoms with Gasteiger partial charge in [-0.1, -0.05) is 48.9 Å². The highest BCUT2D eigenvalue weighted by Gasteiger charge is 2.53. The molecule has 27 heavy (non-hydrogen) atoms. The minimum atomic E-state index is -0.636. The van der Waals surface area contributed by atoms with Gasteiger partial charge in [0.1, 0.15) is 11.9 Å². The van der Waals surface area contributed by atoms with Crippen LogP contribution in [0.1, 0.15) is 30.7 Å². The molecule has 0 unspecified atom stereocenters. The van der Waals surface area contributed by atoms with E-state index in [9.17, 15) is 19.6 Å². The van der Waals surface area contributed by atoms with Crippen LogP contribution in [0.3, 0.4) is 0 Å². The minimum absolute atomic E-state index is 0.0299. The van der Waals surface area contributed by atoms with Crippen LogP contribution in [0.15, 0.2) is 48.5 Å². The first-order valence-electron chi connectivity index (χ1n) is 9.34. The summed E-state index contributed by atoms with van der Waals surface area (Å²) in [6.07, 6.45) is 2.73. The maximum Gasteiger partial charge on any atom is 0.227 e. The molecule has 1 heterocycles. The molecule has 4 rings (SSSR count). The number of aliphatic hydroxyl groups is 1. The van der Waals surface area contributed by atoms with Gasteiger partial charge in [-0.15, -0.1) is 0 Å². The Balaban J connectivity index is 1.72. The minimum Gasteiger partial charge on any atom is -0.394 e. The lowest BCUT2D eigenvalue weighted by molar-refractivity contribution is -0.154. The summed E-state index contributed by atoms with van der Waals surface area (Å²) < 4.78 is 14.4. The first-order valence-corrected chi connectivity index (χ1v) is 9.34. The van der Waals surface area contributed by atoms with Crippen LogP contribution in [0, 0.1) is 23.1 Å². The third-order valence-corrected chi connectivity index (χ3v) is 5.92. The summed E-state index contributed by atoms with van der Waals surface area (Å²) in [4.78, 5) is 14.3. The zero-order valence-corrected chi connectivity index (χ0v) is 14.9. The summed E-state index contributed by atoms with van der Waals surface area (Å²) in [5.74, 6) is -0.732. The maximum atomic E-state index is 14.4. The summed E-state index contributed by atoms with van der Waals surface area (Å²) in [5, 5.41) is 19.7. The molecule has 1 aliphatic carbocycles. The number of likely N-dealkylation sites (tertiary alicyclic amines) is 1. The second-order valence-electron chi connectivity index (χ2n) is 7.29. The summed E-state index contributed by atoms with van der Waals surface area (Å²) in [5.41, 5.74) is 1.96. The van der Waals surface area contributed by atoms with E-state index in [1.807, 2.05) is 24.3 Å². The number of halogens is 1. The van der Waals surface area contributed by atoms with Crippen LogP contribution >= 0.6 is 0 Å². The predicted octanol–water partition coefficient (Wildman–Crippen LogP) is 3.47. The summed E-state index contributed by atoms with van der Waals surface area (Å²) in [7, 11) is 0. The lowest BCUT2D eigenvalue weighted by Crippen LogP contribution is -2.66. The van der Waals surface area contributed by atoms with Crippen molar-refractivity contribution in [2.75, 3.05) is 6.61 Å². The molecule has 0 spiro atoms. The Bertz CT molecular complexity index is 903. The number of nitrogens with zero attached hydrogens (tertiary/aromatic N) is 2. The van der Waals surface area contributed by atoms with Gasteiger partial charge >= 0.3 is 0 Å². The van der Waals surface area contributed by atoms with Gasteiger partial charge in [-0.3, -0.25) is 4.79 Å². The summed E-state index contributed by atoms with van der Waals surface area (Å²) in [6.45, 7) is -0.215. The van der Waals surface area contributed by atoms with E-state index in [-0.39, 0.29) is 30.2 Å². The molecule has 2 aromatic rings. The number of carbonyl (C=O) groups excluding carboxylic acids is 1. The van der Waals surface area contributed by atoms with Gasteiger partial charge < -0.3 is 10.0 Å². The van der Waals surface area contributed by atoms with Gasteiger partial charge in [0, 0.05) is 17.4 Å². The zero-order chi connectivity index (χ0) is 19.0. The molecule has 1 N–H and O–H groups in total. The first-order chi connectivity index (χ1) is 13.2. The number of aliphatic hydroxyl groups excluding tert-OH is 1. The lowest BCUT2D eigenvalue weighted by Gasteiger charge is -2.53. The zero-order valence-electron chi connectivity index (χ0n) is 14.9. The van der Waals surface area contributed by atoms with Gasteiger partial charge in [-0.2, -0.15) is 5.26 Å². The average molecular weight is 364 g/mol. The van der Waals surface area contributed by atoms with Gasteiger partial charge in [0.25, 0.3) is 0 Å². The highest BCUT2D eigenvalue weighted by atomic mass is 19.1. The molecule has 4 nitrogen and oxygen atoms in total. The Labute approximate surface area is 157 Å². The second kappa shape index (κ2) is 7.13. The molecule has 1 saturated carbocycles. The first kappa shape index (κ1) is 17.7. The monoisotopic (exact) mass is 364 g/mol. The van der Waals surface area contributed by atoms with Crippen LogP contribution in [0.5, 0.6) is 0 Å². The Morgan fingerprint density at radius 3 is 2.41 bits per heavy atom. The van der Waals surface area contributed by atoms with Gasteiger partial charge in [0.05, 0.1) is 18.7 Å². The molecule has 2 aromatic carbocycles. The molecule has 5 heteroatoms. The van der Waals surface area contributed by atoms with Gasteiger partial charge in [0.15, 0.2) is 0 Å². The molecule has 1 saturated heterocycles. The number of amides is 1.